The zero-order valence-electron chi connectivity index (χ0n) is 21.2. The predicted molar refractivity (Wildman–Crippen MR) is 142 cm³/mol. The highest BCUT2D eigenvalue weighted by Gasteiger charge is 2.19. The summed E-state index contributed by atoms with van der Waals surface area (Å²) in [5.41, 5.74) is 3.88. The molecule has 1 saturated heterocycles. The summed E-state index contributed by atoms with van der Waals surface area (Å²) < 4.78 is 16.9. The molecule has 37 heavy (non-hydrogen) atoms. The monoisotopic (exact) mass is 502 g/mol. The number of aromatic nitrogens is 2. The summed E-state index contributed by atoms with van der Waals surface area (Å²) in [5.74, 6) is 1.15. The van der Waals surface area contributed by atoms with Crippen molar-refractivity contribution in [2.24, 2.45) is 0 Å². The maximum absolute atomic E-state index is 12.6. The zero-order chi connectivity index (χ0) is 25.5. The van der Waals surface area contributed by atoms with Gasteiger partial charge in [0, 0.05) is 43.3 Å². The van der Waals surface area contributed by atoms with E-state index in [1.807, 2.05) is 25.1 Å². The first-order chi connectivity index (χ1) is 18.2. The molecule has 1 atom stereocenters. The first-order valence-electron chi connectivity index (χ1n) is 13.0. The molecule has 1 unspecified atom stereocenters. The van der Waals surface area contributed by atoms with Crippen LogP contribution in [-0.2, 0) is 24.2 Å². The molecule has 0 spiro atoms. The minimum absolute atomic E-state index is 0.0874. The average molecular weight is 503 g/mol. The number of carbonyl (C=O) groups excluding carboxylic acids is 1. The number of amides is 1. The Hall–Kier alpha value is -3.62. The number of fused-ring (bicyclic) bond motifs is 1. The molecule has 0 radical (unpaired) electrons. The molecule has 5 rings (SSSR count). The number of ether oxygens (including phenoxy) is 2. The minimum Gasteiger partial charge on any atom is -0.494 e. The van der Waals surface area contributed by atoms with E-state index in [9.17, 15) is 4.79 Å². The van der Waals surface area contributed by atoms with E-state index in [1.54, 1.807) is 0 Å². The van der Waals surface area contributed by atoms with Gasteiger partial charge in [-0.3, -0.25) is 9.69 Å². The Morgan fingerprint density at radius 2 is 2.05 bits per heavy atom. The molecule has 0 aliphatic carbocycles. The van der Waals surface area contributed by atoms with Crippen LogP contribution >= 0.6 is 0 Å². The summed E-state index contributed by atoms with van der Waals surface area (Å²) in [6.45, 7) is 5.90. The lowest BCUT2D eigenvalue weighted by Gasteiger charge is -2.21. The molecule has 8 heteroatoms. The van der Waals surface area contributed by atoms with Gasteiger partial charge in [-0.2, -0.15) is 0 Å². The van der Waals surface area contributed by atoms with E-state index < -0.39 is 0 Å². The summed E-state index contributed by atoms with van der Waals surface area (Å²) in [5, 5.41) is 4.15. The number of hydrogen-bond donors (Lipinski definition) is 2. The molecule has 2 N–H and O–H groups in total. The van der Waals surface area contributed by atoms with Crippen molar-refractivity contribution in [2.45, 2.75) is 45.4 Å². The zero-order valence-corrected chi connectivity index (χ0v) is 21.2. The predicted octanol–water partition coefficient (Wildman–Crippen LogP) is 4.71. The minimum atomic E-state index is -0.234. The molecule has 1 fully saturated rings. The molecule has 0 bridgehead atoms. The number of para-hydroxylation sites is 1. The lowest BCUT2D eigenvalue weighted by atomic mass is 10.1. The van der Waals surface area contributed by atoms with Gasteiger partial charge in [0.2, 0.25) is 5.89 Å². The van der Waals surface area contributed by atoms with Gasteiger partial charge in [0.1, 0.15) is 12.0 Å². The molecule has 3 heterocycles. The van der Waals surface area contributed by atoms with Crippen LogP contribution < -0.4 is 10.1 Å². The summed E-state index contributed by atoms with van der Waals surface area (Å²) in [6, 6.07) is 16.5. The normalized spacial score (nSPS) is 15.5. The van der Waals surface area contributed by atoms with E-state index >= 15 is 0 Å². The largest absolute Gasteiger partial charge is 0.494 e. The van der Waals surface area contributed by atoms with Crippen molar-refractivity contribution in [3.8, 4) is 5.75 Å². The Balaban J connectivity index is 1.25. The number of benzene rings is 2. The van der Waals surface area contributed by atoms with Crippen LogP contribution in [0.15, 0.2) is 65.4 Å². The van der Waals surface area contributed by atoms with Gasteiger partial charge in [-0.25, -0.2) is 4.98 Å². The Morgan fingerprint density at radius 1 is 1.19 bits per heavy atom. The Bertz CT molecular complexity index is 1290. The van der Waals surface area contributed by atoms with E-state index in [4.69, 9.17) is 13.9 Å². The van der Waals surface area contributed by atoms with E-state index in [2.05, 4.69) is 56.7 Å². The Labute approximate surface area is 217 Å². The van der Waals surface area contributed by atoms with E-state index in [1.165, 1.54) is 22.8 Å². The van der Waals surface area contributed by atoms with Crippen LogP contribution in [0.5, 0.6) is 5.75 Å². The fraction of sp³-hybridized carbons (Fsp3) is 0.379. The van der Waals surface area contributed by atoms with Crippen molar-refractivity contribution >= 4 is 16.8 Å². The quantitative estimate of drug-likeness (QED) is 0.292. The van der Waals surface area contributed by atoms with Crippen LogP contribution in [0.4, 0.5) is 0 Å². The number of rotatable bonds is 12. The van der Waals surface area contributed by atoms with Crippen molar-refractivity contribution < 1.29 is 18.7 Å². The van der Waals surface area contributed by atoms with Gasteiger partial charge in [-0.05, 0) is 55.5 Å². The number of nitrogens with one attached hydrogen (secondary N) is 2. The smallest absolute Gasteiger partial charge is 0.273 e. The lowest BCUT2D eigenvalue weighted by Crippen LogP contribution is -2.32. The number of nitrogens with zero attached hydrogens (tertiary/aromatic N) is 2. The summed E-state index contributed by atoms with van der Waals surface area (Å²) in [6.07, 6.45) is 6.50. The maximum Gasteiger partial charge on any atom is 0.273 e. The van der Waals surface area contributed by atoms with Gasteiger partial charge in [-0.1, -0.05) is 30.3 Å². The van der Waals surface area contributed by atoms with Crippen molar-refractivity contribution in [3.63, 3.8) is 0 Å². The van der Waals surface area contributed by atoms with Gasteiger partial charge in [0.25, 0.3) is 5.91 Å². The molecule has 1 aliphatic heterocycles. The van der Waals surface area contributed by atoms with Gasteiger partial charge >= 0.3 is 0 Å². The third-order valence-electron chi connectivity index (χ3n) is 6.67. The van der Waals surface area contributed by atoms with Crippen LogP contribution in [0, 0.1) is 0 Å². The van der Waals surface area contributed by atoms with Crippen molar-refractivity contribution in [1.82, 2.24) is 20.2 Å². The fourth-order valence-electron chi connectivity index (χ4n) is 4.73. The SMILES string of the molecule is CCOc1ccc(CN(CCc2c[nH]c3ccccc23)Cc2nc(C(=O)NCC3CCCO3)co2)cc1. The van der Waals surface area contributed by atoms with E-state index in [0.29, 0.717) is 31.3 Å². The fourth-order valence-corrected chi connectivity index (χ4v) is 4.73. The second-order valence-electron chi connectivity index (χ2n) is 9.37. The van der Waals surface area contributed by atoms with Crippen LogP contribution in [0.2, 0.25) is 0 Å². The van der Waals surface area contributed by atoms with Crippen LogP contribution in [0.3, 0.4) is 0 Å². The van der Waals surface area contributed by atoms with Gasteiger partial charge < -0.3 is 24.2 Å². The highest BCUT2D eigenvalue weighted by Crippen LogP contribution is 2.20. The summed E-state index contributed by atoms with van der Waals surface area (Å²) in [4.78, 5) is 22.7. The van der Waals surface area contributed by atoms with E-state index in [0.717, 1.165) is 50.2 Å². The van der Waals surface area contributed by atoms with Crippen molar-refractivity contribution in [2.75, 3.05) is 26.3 Å². The highest BCUT2D eigenvalue weighted by molar-refractivity contribution is 5.91. The molecule has 194 valence electrons. The van der Waals surface area contributed by atoms with Crippen LogP contribution in [0.1, 0.15) is 47.3 Å². The highest BCUT2D eigenvalue weighted by atomic mass is 16.5. The van der Waals surface area contributed by atoms with Crippen molar-refractivity contribution in [3.05, 3.63) is 83.7 Å². The molecule has 4 aromatic rings. The summed E-state index contributed by atoms with van der Waals surface area (Å²) >= 11 is 0. The number of aromatic amines is 1. The number of hydrogen-bond acceptors (Lipinski definition) is 6. The topological polar surface area (TPSA) is 92.6 Å². The first-order valence-corrected chi connectivity index (χ1v) is 13.0. The van der Waals surface area contributed by atoms with Gasteiger partial charge in [-0.15, -0.1) is 0 Å². The Morgan fingerprint density at radius 3 is 2.86 bits per heavy atom. The number of carbonyl (C=O) groups is 1. The van der Waals surface area contributed by atoms with Gasteiger partial charge in [0.15, 0.2) is 5.69 Å². The standard InChI is InChI=1S/C29H34N4O4/c1-2-35-23-11-9-21(10-12-23)18-33(14-13-22-16-30-26-8-4-3-7-25(22)26)19-28-32-27(20-37-28)29(34)31-17-24-6-5-15-36-24/h3-4,7-12,16,20,24,30H,2,5-6,13-15,17-19H2,1H3,(H,31,34). The van der Waals surface area contributed by atoms with E-state index in [-0.39, 0.29) is 12.0 Å². The molecule has 2 aromatic heterocycles. The molecule has 8 nitrogen and oxygen atoms in total. The third-order valence-corrected chi connectivity index (χ3v) is 6.67. The maximum atomic E-state index is 12.6. The summed E-state index contributed by atoms with van der Waals surface area (Å²) in [7, 11) is 0. The third kappa shape index (κ3) is 6.58. The molecule has 1 aliphatic rings. The number of H-pyrrole nitrogens is 1. The van der Waals surface area contributed by atoms with Crippen LogP contribution in [-0.4, -0.2) is 53.2 Å². The molecular formula is C29H34N4O4. The van der Waals surface area contributed by atoms with Crippen LogP contribution in [0.25, 0.3) is 10.9 Å². The first kappa shape index (κ1) is 25.0. The second-order valence-corrected chi connectivity index (χ2v) is 9.37. The van der Waals surface area contributed by atoms with Gasteiger partial charge in [0.05, 0.1) is 19.3 Å². The second kappa shape index (κ2) is 12.1. The average Bonchev–Trinajstić information content (AvgIpc) is 3.69. The molecular weight excluding hydrogens is 468 g/mol. The Kier molecular flexibility index (Phi) is 8.18. The molecule has 0 saturated carbocycles. The lowest BCUT2D eigenvalue weighted by molar-refractivity contribution is 0.0853. The molecule has 2 aromatic carbocycles. The number of oxazole rings is 1. The molecule has 1 amide bonds. The van der Waals surface area contributed by atoms with Crippen molar-refractivity contribution in [1.29, 1.82) is 0 Å².